The Morgan fingerprint density at radius 2 is 2.08 bits per heavy atom. The Kier molecular flexibility index (Phi) is 4.08. The molecule has 4 rings (SSSR count). The number of nitrogens with zero attached hydrogens (tertiary/aromatic N) is 1. The van der Waals surface area contributed by atoms with Crippen LogP contribution in [0.1, 0.15) is 16.7 Å². The molecule has 128 valence electrons. The van der Waals surface area contributed by atoms with E-state index in [-0.39, 0.29) is 6.10 Å². The van der Waals surface area contributed by atoms with Gasteiger partial charge in [-0.1, -0.05) is 30.3 Å². The summed E-state index contributed by atoms with van der Waals surface area (Å²) < 4.78 is 23.5. The van der Waals surface area contributed by atoms with Crippen LogP contribution >= 0.6 is 0 Å². The lowest BCUT2D eigenvalue weighted by Gasteiger charge is -2.28. The van der Waals surface area contributed by atoms with Gasteiger partial charge < -0.3 is 18.9 Å². The second kappa shape index (κ2) is 6.40. The fourth-order valence-electron chi connectivity index (χ4n) is 3.51. The van der Waals surface area contributed by atoms with E-state index in [1.165, 1.54) is 0 Å². The summed E-state index contributed by atoms with van der Waals surface area (Å²) in [6.45, 7) is 1.42. The second-order valence-corrected chi connectivity index (χ2v) is 6.38. The second-order valence-electron chi connectivity index (χ2n) is 6.38. The molecule has 5 nitrogen and oxygen atoms in total. The Bertz CT molecular complexity index is 814. The van der Waals surface area contributed by atoms with Gasteiger partial charge >= 0.3 is 0 Å². The zero-order chi connectivity index (χ0) is 17.3. The number of methoxy groups -OCH3 is 1. The zero-order valence-corrected chi connectivity index (χ0v) is 14.0. The molecule has 0 N–H and O–H groups in total. The normalized spacial score (nSPS) is 23.9. The van der Waals surface area contributed by atoms with E-state index >= 15 is 0 Å². The summed E-state index contributed by atoms with van der Waals surface area (Å²) in [6.07, 6.45) is 0.387. The van der Waals surface area contributed by atoms with Crippen molar-refractivity contribution in [2.75, 3.05) is 20.3 Å². The lowest BCUT2D eigenvalue weighted by atomic mass is 9.92. The van der Waals surface area contributed by atoms with Crippen LogP contribution in [0.4, 0.5) is 0 Å². The van der Waals surface area contributed by atoms with Gasteiger partial charge in [-0.05, 0) is 17.7 Å². The molecule has 2 aliphatic heterocycles. The summed E-state index contributed by atoms with van der Waals surface area (Å²) in [7, 11) is 1.60. The van der Waals surface area contributed by atoms with E-state index in [0.29, 0.717) is 43.3 Å². The van der Waals surface area contributed by atoms with Crippen molar-refractivity contribution in [1.82, 2.24) is 0 Å². The lowest BCUT2D eigenvalue weighted by Crippen LogP contribution is -2.47. The Morgan fingerprint density at radius 3 is 2.84 bits per heavy atom. The molecule has 1 saturated heterocycles. The van der Waals surface area contributed by atoms with Crippen molar-refractivity contribution < 1.29 is 18.9 Å². The molecule has 0 radical (unpaired) electrons. The van der Waals surface area contributed by atoms with Crippen LogP contribution in [-0.2, 0) is 22.5 Å². The molecule has 0 aromatic heterocycles. The van der Waals surface area contributed by atoms with E-state index in [0.717, 1.165) is 11.1 Å². The minimum Gasteiger partial charge on any atom is -0.493 e. The summed E-state index contributed by atoms with van der Waals surface area (Å²) in [5, 5.41) is 9.41. The van der Waals surface area contributed by atoms with Gasteiger partial charge in [0.1, 0.15) is 6.10 Å². The van der Waals surface area contributed by atoms with E-state index in [1.807, 2.05) is 30.3 Å². The summed E-state index contributed by atoms with van der Waals surface area (Å²) in [5.41, 5.74) is 1.99. The highest BCUT2D eigenvalue weighted by Gasteiger charge is 2.52. The minimum atomic E-state index is -0.600. The SMILES string of the molecule is COc1ccc(C#N)c2c1OC1(COCC1OCc1ccccc1)C2. The van der Waals surface area contributed by atoms with Gasteiger partial charge in [0.25, 0.3) is 0 Å². The van der Waals surface area contributed by atoms with Gasteiger partial charge in [-0.2, -0.15) is 5.26 Å². The minimum absolute atomic E-state index is 0.198. The van der Waals surface area contributed by atoms with Crippen molar-refractivity contribution >= 4 is 0 Å². The molecule has 1 fully saturated rings. The third-order valence-corrected chi connectivity index (χ3v) is 4.84. The predicted molar refractivity (Wildman–Crippen MR) is 90.6 cm³/mol. The molecule has 2 aromatic rings. The van der Waals surface area contributed by atoms with E-state index < -0.39 is 5.60 Å². The van der Waals surface area contributed by atoms with Crippen LogP contribution < -0.4 is 9.47 Å². The molecule has 2 aromatic carbocycles. The van der Waals surface area contributed by atoms with Gasteiger partial charge in [0.15, 0.2) is 17.1 Å². The topological polar surface area (TPSA) is 60.7 Å². The largest absolute Gasteiger partial charge is 0.493 e. The Morgan fingerprint density at radius 1 is 1.24 bits per heavy atom. The molecular formula is C20H19NO4. The molecule has 0 bridgehead atoms. The Hall–Kier alpha value is -2.55. The van der Waals surface area contributed by atoms with Gasteiger partial charge in [-0.25, -0.2) is 0 Å². The Labute approximate surface area is 146 Å². The number of fused-ring (bicyclic) bond motifs is 1. The molecule has 5 heteroatoms. The van der Waals surface area contributed by atoms with Crippen LogP contribution in [0.2, 0.25) is 0 Å². The van der Waals surface area contributed by atoms with Crippen molar-refractivity contribution in [3.8, 4) is 17.6 Å². The highest BCUT2D eigenvalue weighted by molar-refractivity contribution is 5.58. The molecule has 2 aliphatic rings. The maximum absolute atomic E-state index is 9.41. The fraction of sp³-hybridized carbons (Fsp3) is 0.350. The molecule has 0 saturated carbocycles. The highest BCUT2D eigenvalue weighted by atomic mass is 16.6. The first-order valence-corrected chi connectivity index (χ1v) is 8.28. The molecule has 1 spiro atoms. The Balaban J connectivity index is 1.58. The molecule has 0 aliphatic carbocycles. The number of hydrogen-bond acceptors (Lipinski definition) is 5. The predicted octanol–water partition coefficient (Wildman–Crippen LogP) is 2.86. The average molecular weight is 337 g/mol. The van der Waals surface area contributed by atoms with Crippen LogP contribution in [0.3, 0.4) is 0 Å². The standard InChI is InChI=1S/C20H19NO4/c1-22-17-8-7-15(10-21)16-9-20(25-19(16)17)13-23-12-18(20)24-11-14-5-3-2-4-6-14/h2-8,18H,9,11-13H2,1H3. The highest BCUT2D eigenvalue weighted by Crippen LogP contribution is 2.47. The van der Waals surface area contributed by atoms with Gasteiger partial charge in [0.05, 0.1) is 38.6 Å². The average Bonchev–Trinajstić information content (AvgIpc) is 3.23. The monoisotopic (exact) mass is 337 g/mol. The smallest absolute Gasteiger partial charge is 0.166 e. The van der Waals surface area contributed by atoms with Gasteiger partial charge in [-0.3, -0.25) is 0 Å². The van der Waals surface area contributed by atoms with Gasteiger partial charge in [-0.15, -0.1) is 0 Å². The van der Waals surface area contributed by atoms with E-state index in [9.17, 15) is 5.26 Å². The summed E-state index contributed by atoms with van der Waals surface area (Å²) in [4.78, 5) is 0. The lowest BCUT2D eigenvalue weighted by molar-refractivity contribution is -0.0589. The summed E-state index contributed by atoms with van der Waals surface area (Å²) in [6, 6.07) is 15.8. The first-order valence-electron chi connectivity index (χ1n) is 8.28. The maximum atomic E-state index is 9.41. The van der Waals surface area contributed by atoms with Crippen molar-refractivity contribution in [2.45, 2.75) is 24.7 Å². The van der Waals surface area contributed by atoms with E-state index in [1.54, 1.807) is 19.2 Å². The number of nitriles is 1. The van der Waals surface area contributed by atoms with Crippen molar-refractivity contribution in [1.29, 1.82) is 5.26 Å². The third kappa shape index (κ3) is 2.74. The number of hydrogen-bond donors (Lipinski definition) is 0. The maximum Gasteiger partial charge on any atom is 0.166 e. The molecule has 2 unspecified atom stereocenters. The van der Waals surface area contributed by atoms with Gasteiger partial charge in [0.2, 0.25) is 0 Å². The number of rotatable bonds is 4. The van der Waals surface area contributed by atoms with Crippen molar-refractivity contribution in [3.05, 3.63) is 59.2 Å². The fourth-order valence-corrected chi connectivity index (χ4v) is 3.51. The van der Waals surface area contributed by atoms with Crippen molar-refractivity contribution in [3.63, 3.8) is 0 Å². The number of benzene rings is 2. The third-order valence-electron chi connectivity index (χ3n) is 4.84. The molecule has 25 heavy (non-hydrogen) atoms. The van der Waals surface area contributed by atoms with Crippen LogP contribution in [0.25, 0.3) is 0 Å². The first-order chi connectivity index (χ1) is 12.3. The molecular weight excluding hydrogens is 318 g/mol. The van der Waals surface area contributed by atoms with Crippen molar-refractivity contribution in [2.24, 2.45) is 0 Å². The molecule has 2 atom stereocenters. The first kappa shape index (κ1) is 15.9. The number of ether oxygens (including phenoxy) is 4. The summed E-state index contributed by atoms with van der Waals surface area (Å²) in [5.74, 6) is 1.28. The van der Waals surface area contributed by atoms with Gasteiger partial charge in [0, 0.05) is 12.0 Å². The summed E-state index contributed by atoms with van der Waals surface area (Å²) >= 11 is 0. The quantitative estimate of drug-likeness (QED) is 0.858. The van der Waals surface area contributed by atoms with Crippen LogP contribution in [0.5, 0.6) is 11.5 Å². The van der Waals surface area contributed by atoms with E-state index in [4.69, 9.17) is 18.9 Å². The molecule has 0 amide bonds. The van der Waals surface area contributed by atoms with Crippen LogP contribution in [0, 0.1) is 11.3 Å². The van der Waals surface area contributed by atoms with E-state index in [2.05, 4.69) is 6.07 Å². The zero-order valence-electron chi connectivity index (χ0n) is 14.0. The van der Waals surface area contributed by atoms with Crippen LogP contribution in [0.15, 0.2) is 42.5 Å². The molecule has 2 heterocycles. The van der Waals surface area contributed by atoms with Crippen LogP contribution in [-0.4, -0.2) is 32.0 Å².